The smallest absolute Gasteiger partial charge is 0.143 e. The van der Waals surface area contributed by atoms with Gasteiger partial charge in [0.1, 0.15) is 5.78 Å². The molecule has 1 atom stereocenters. The zero-order valence-electron chi connectivity index (χ0n) is 4.27. The third-order valence-corrected chi connectivity index (χ3v) is 1.15. The molecule has 1 rings (SSSR count). The van der Waals surface area contributed by atoms with E-state index in [1.54, 1.807) is 0 Å². The topological polar surface area (TPSA) is 17.1 Å². The van der Waals surface area contributed by atoms with Crippen LogP contribution >= 0.6 is 0 Å². The Hall–Kier alpha value is -0.590. The van der Waals surface area contributed by atoms with Crippen LogP contribution in [0.2, 0.25) is 0 Å². The number of hydrogen-bond donors (Lipinski definition) is 0. The van der Waals surface area contributed by atoms with E-state index in [1.165, 1.54) is 0 Å². The van der Waals surface area contributed by atoms with Crippen molar-refractivity contribution < 1.29 is 4.79 Å². The molecule has 0 aliphatic heterocycles. The standard InChI is InChI=1S/C6H7O/c1-5-3-2-4-6(5)7/h3,5H,4H2,1H3. The number of Topliss-reactive ketones (excluding diaryl/α,β-unsaturated/α-hetero) is 1. The van der Waals surface area contributed by atoms with Crippen molar-refractivity contribution in [1.82, 2.24) is 0 Å². The molecule has 0 fully saturated rings. The van der Waals surface area contributed by atoms with Gasteiger partial charge in [0.15, 0.2) is 0 Å². The molecule has 0 aromatic heterocycles. The van der Waals surface area contributed by atoms with Gasteiger partial charge in [0.25, 0.3) is 0 Å². The van der Waals surface area contributed by atoms with Gasteiger partial charge in [-0.15, -0.1) is 0 Å². The maximum absolute atomic E-state index is 10.5. The fourth-order valence-electron chi connectivity index (χ4n) is 0.590. The van der Waals surface area contributed by atoms with Gasteiger partial charge < -0.3 is 0 Å². The predicted molar refractivity (Wildman–Crippen MR) is 26.6 cm³/mol. The van der Waals surface area contributed by atoms with Crippen molar-refractivity contribution in [2.75, 3.05) is 0 Å². The summed E-state index contributed by atoms with van der Waals surface area (Å²) in [6.45, 7) is 1.89. The number of carbonyl (C=O) groups excluding carboxylic acids is 1. The maximum Gasteiger partial charge on any atom is 0.143 e. The highest BCUT2D eigenvalue weighted by molar-refractivity contribution is 5.85. The number of hydrogen-bond acceptors (Lipinski definition) is 1. The highest BCUT2D eigenvalue weighted by Gasteiger charge is 2.12. The van der Waals surface area contributed by atoms with Crippen molar-refractivity contribution in [3.63, 3.8) is 0 Å². The molecule has 1 radical (unpaired) electrons. The first-order chi connectivity index (χ1) is 3.30. The van der Waals surface area contributed by atoms with E-state index in [0.717, 1.165) is 0 Å². The van der Waals surface area contributed by atoms with E-state index in [0.29, 0.717) is 12.2 Å². The lowest BCUT2D eigenvalue weighted by Crippen LogP contribution is -1.99. The largest absolute Gasteiger partial charge is 0.299 e. The van der Waals surface area contributed by atoms with Crippen LogP contribution in [-0.4, -0.2) is 5.78 Å². The third-order valence-electron chi connectivity index (χ3n) is 1.15. The Morgan fingerprint density at radius 3 is 2.86 bits per heavy atom. The summed E-state index contributed by atoms with van der Waals surface area (Å²) in [6, 6.07) is 0. The molecule has 1 heteroatoms. The quantitative estimate of drug-likeness (QED) is 0.438. The lowest BCUT2D eigenvalue weighted by molar-refractivity contribution is -0.119. The minimum absolute atomic E-state index is 0.139. The molecule has 0 heterocycles. The summed E-state index contributed by atoms with van der Waals surface area (Å²) in [7, 11) is 0. The Kier molecular flexibility index (Phi) is 0.970. The molecular formula is C6H7O. The minimum Gasteiger partial charge on any atom is -0.299 e. The van der Waals surface area contributed by atoms with Gasteiger partial charge in [-0.05, 0) is 6.08 Å². The second-order valence-corrected chi connectivity index (χ2v) is 1.80. The van der Waals surface area contributed by atoms with Crippen LogP contribution in [0.25, 0.3) is 0 Å². The van der Waals surface area contributed by atoms with E-state index in [4.69, 9.17) is 0 Å². The van der Waals surface area contributed by atoms with Crippen molar-refractivity contribution in [1.29, 1.82) is 0 Å². The van der Waals surface area contributed by atoms with E-state index in [-0.39, 0.29) is 5.92 Å². The molecule has 37 valence electrons. The highest BCUT2D eigenvalue weighted by Crippen LogP contribution is 2.09. The normalized spacial score (nSPS) is 29.3. The highest BCUT2D eigenvalue weighted by atomic mass is 16.1. The zero-order valence-corrected chi connectivity index (χ0v) is 4.27. The Balaban J connectivity index is 2.62. The molecule has 0 aromatic carbocycles. The lowest BCUT2D eigenvalue weighted by atomic mass is 10.1. The Morgan fingerprint density at radius 2 is 2.71 bits per heavy atom. The molecule has 1 aliphatic carbocycles. The van der Waals surface area contributed by atoms with Gasteiger partial charge in [0.05, 0.1) is 0 Å². The molecule has 1 nitrogen and oxygen atoms in total. The molecular weight excluding hydrogens is 88.1 g/mol. The van der Waals surface area contributed by atoms with Gasteiger partial charge in [-0.3, -0.25) is 4.79 Å². The summed E-state index contributed by atoms with van der Waals surface area (Å²) >= 11 is 0. The van der Waals surface area contributed by atoms with Crippen LogP contribution < -0.4 is 0 Å². The molecule has 0 bridgehead atoms. The zero-order chi connectivity index (χ0) is 5.28. The van der Waals surface area contributed by atoms with Crippen molar-refractivity contribution in [3.05, 3.63) is 12.2 Å². The second-order valence-electron chi connectivity index (χ2n) is 1.80. The van der Waals surface area contributed by atoms with Gasteiger partial charge in [-0.2, -0.15) is 0 Å². The van der Waals surface area contributed by atoms with Gasteiger partial charge >= 0.3 is 0 Å². The van der Waals surface area contributed by atoms with Gasteiger partial charge in [0.2, 0.25) is 0 Å². The minimum atomic E-state index is 0.139. The number of ketones is 1. The van der Waals surface area contributed by atoms with Crippen LogP contribution in [0.4, 0.5) is 0 Å². The van der Waals surface area contributed by atoms with E-state index in [2.05, 4.69) is 6.08 Å². The fourth-order valence-corrected chi connectivity index (χ4v) is 0.590. The first-order valence-electron chi connectivity index (χ1n) is 2.40. The average Bonchev–Trinajstić information content (AvgIpc) is 1.91. The Labute approximate surface area is 43.0 Å². The van der Waals surface area contributed by atoms with Gasteiger partial charge in [0, 0.05) is 12.3 Å². The SMILES string of the molecule is CC1C=[C]CC1=O. The summed E-state index contributed by atoms with van der Waals surface area (Å²) < 4.78 is 0. The molecule has 0 saturated carbocycles. The molecule has 0 aromatic rings. The molecule has 7 heavy (non-hydrogen) atoms. The summed E-state index contributed by atoms with van der Waals surface area (Å²) in [5, 5.41) is 0. The Morgan fingerprint density at radius 1 is 2.00 bits per heavy atom. The lowest BCUT2D eigenvalue weighted by Gasteiger charge is -1.89. The first kappa shape index (κ1) is 4.57. The van der Waals surface area contributed by atoms with Crippen LogP contribution in [0, 0.1) is 12.0 Å². The molecule has 0 amide bonds. The fraction of sp³-hybridized carbons (Fsp3) is 0.500. The van der Waals surface area contributed by atoms with E-state index < -0.39 is 0 Å². The van der Waals surface area contributed by atoms with E-state index >= 15 is 0 Å². The van der Waals surface area contributed by atoms with Crippen LogP contribution in [0.1, 0.15) is 13.3 Å². The maximum atomic E-state index is 10.5. The van der Waals surface area contributed by atoms with Crippen LogP contribution in [0.15, 0.2) is 6.08 Å². The number of allylic oxidation sites excluding steroid dienone is 2. The van der Waals surface area contributed by atoms with Gasteiger partial charge in [-0.25, -0.2) is 0 Å². The van der Waals surface area contributed by atoms with Crippen molar-refractivity contribution in [2.24, 2.45) is 5.92 Å². The van der Waals surface area contributed by atoms with Crippen LogP contribution in [0.5, 0.6) is 0 Å². The second kappa shape index (κ2) is 1.49. The van der Waals surface area contributed by atoms with E-state index in [9.17, 15) is 4.79 Å². The summed E-state index contributed by atoms with van der Waals surface area (Å²) in [5.41, 5.74) is 0. The molecule has 1 unspecified atom stereocenters. The van der Waals surface area contributed by atoms with E-state index in [1.807, 2.05) is 13.0 Å². The molecule has 0 spiro atoms. The summed E-state index contributed by atoms with van der Waals surface area (Å²) in [4.78, 5) is 10.5. The molecule has 0 saturated heterocycles. The first-order valence-corrected chi connectivity index (χ1v) is 2.40. The van der Waals surface area contributed by atoms with Crippen LogP contribution in [0.3, 0.4) is 0 Å². The van der Waals surface area contributed by atoms with Crippen molar-refractivity contribution in [3.8, 4) is 0 Å². The van der Waals surface area contributed by atoms with Crippen molar-refractivity contribution >= 4 is 5.78 Å². The third kappa shape index (κ3) is 0.710. The summed E-state index contributed by atoms with van der Waals surface area (Å²) in [5.74, 6) is 0.431. The van der Waals surface area contributed by atoms with Crippen LogP contribution in [-0.2, 0) is 4.79 Å². The average molecular weight is 95.1 g/mol. The Bertz CT molecular complexity index is 113. The predicted octanol–water partition coefficient (Wildman–Crippen LogP) is 0.955. The molecule has 0 N–H and O–H groups in total. The molecule has 1 aliphatic rings. The summed E-state index contributed by atoms with van der Waals surface area (Å²) in [6.07, 6.45) is 5.20. The number of carbonyl (C=O) groups is 1. The monoisotopic (exact) mass is 95.0 g/mol. The number of rotatable bonds is 0. The van der Waals surface area contributed by atoms with Crippen molar-refractivity contribution in [2.45, 2.75) is 13.3 Å². The van der Waals surface area contributed by atoms with Gasteiger partial charge in [-0.1, -0.05) is 13.0 Å².